The van der Waals surface area contributed by atoms with E-state index in [2.05, 4.69) is 78.8 Å². The number of nitro benzene ring substituents is 1. The van der Waals surface area contributed by atoms with E-state index in [1.807, 2.05) is 16.7 Å². The Morgan fingerprint density at radius 3 is 2.16 bits per heavy atom. The molecule has 0 atom stereocenters. The lowest BCUT2D eigenvalue weighted by Gasteiger charge is -2.25. The Kier molecular flexibility index (Phi) is 7.90. The summed E-state index contributed by atoms with van der Waals surface area (Å²) in [5.41, 5.74) is 3.56. The minimum atomic E-state index is -0.395. The Labute approximate surface area is 220 Å². The second-order valence-electron chi connectivity index (χ2n) is 9.11. The molecule has 0 spiro atoms. The van der Waals surface area contributed by atoms with Crippen molar-refractivity contribution in [2.75, 3.05) is 6.54 Å². The van der Waals surface area contributed by atoms with Crippen molar-refractivity contribution in [3.63, 3.8) is 0 Å². The molecule has 5 rings (SSSR count). The molecule has 38 heavy (non-hydrogen) atoms. The highest BCUT2D eigenvalue weighted by Gasteiger charge is 2.19. The van der Waals surface area contributed by atoms with Crippen molar-refractivity contribution in [2.24, 2.45) is 0 Å². The molecule has 0 radical (unpaired) electrons. The van der Waals surface area contributed by atoms with Gasteiger partial charge in [0.2, 0.25) is 0 Å². The number of hydrogen-bond acceptors (Lipinski definition) is 7. The molecule has 5 aromatic rings. The number of aromatic nitrogens is 6. The minimum absolute atomic E-state index is 0.0716. The zero-order valence-electron chi connectivity index (χ0n) is 20.8. The number of nitrogens with one attached hydrogen (secondary N) is 1. The Bertz CT molecular complexity index is 1380. The van der Waals surface area contributed by atoms with E-state index in [0.29, 0.717) is 19.6 Å². The lowest BCUT2D eigenvalue weighted by atomic mass is 9.88. The van der Waals surface area contributed by atoms with Gasteiger partial charge in [-0.05, 0) is 23.1 Å². The van der Waals surface area contributed by atoms with Crippen molar-refractivity contribution in [1.29, 1.82) is 0 Å². The first-order valence-electron chi connectivity index (χ1n) is 12.4. The van der Waals surface area contributed by atoms with E-state index in [0.717, 1.165) is 30.2 Å². The van der Waals surface area contributed by atoms with Gasteiger partial charge in [0.25, 0.3) is 5.69 Å². The summed E-state index contributed by atoms with van der Waals surface area (Å²) in [5, 5.41) is 27.7. The molecule has 0 saturated heterocycles. The van der Waals surface area contributed by atoms with Crippen LogP contribution < -0.4 is 0 Å². The van der Waals surface area contributed by atoms with Crippen LogP contribution in [0.1, 0.15) is 40.7 Å². The van der Waals surface area contributed by atoms with Crippen molar-refractivity contribution in [2.45, 2.75) is 32.0 Å². The van der Waals surface area contributed by atoms with Crippen LogP contribution in [0.4, 0.5) is 5.69 Å². The van der Waals surface area contributed by atoms with Crippen LogP contribution in [0.25, 0.3) is 0 Å². The second kappa shape index (κ2) is 12.0. The molecule has 0 aliphatic rings. The smallest absolute Gasteiger partial charge is 0.269 e. The van der Waals surface area contributed by atoms with Gasteiger partial charge in [0, 0.05) is 24.6 Å². The first-order valence-corrected chi connectivity index (χ1v) is 12.4. The predicted octanol–water partition coefficient (Wildman–Crippen LogP) is 4.58. The van der Waals surface area contributed by atoms with E-state index in [4.69, 9.17) is 0 Å². The van der Waals surface area contributed by atoms with Gasteiger partial charge in [-0.3, -0.25) is 15.0 Å². The van der Waals surface area contributed by atoms with Crippen molar-refractivity contribution in [1.82, 2.24) is 34.8 Å². The Balaban J connectivity index is 1.34. The van der Waals surface area contributed by atoms with Gasteiger partial charge in [-0.15, -0.1) is 20.4 Å². The van der Waals surface area contributed by atoms with Crippen LogP contribution in [0, 0.1) is 10.1 Å². The molecule has 0 saturated carbocycles. The third-order valence-corrected chi connectivity index (χ3v) is 6.54. The zero-order chi connectivity index (χ0) is 26.2. The Morgan fingerprint density at radius 1 is 0.868 bits per heavy atom. The summed E-state index contributed by atoms with van der Waals surface area (Å²) in [5.74, 6) is 1.83. The highest BCUT2D eigenvalue weighted by atomic mass is 16.6. The predicted molar refractivity (Wildman–Crippen MR) is 142 cm³/mol. The summed E-state index contributed by atoms with van der Waals surface area (Å²) in [6, 6.07) is 27.7. The molecular formula is C28H28N8O2. The second-order valence-corrected chi connectivity index (χ2v) is 9.11. The number of aromatic amines is 1. The van der Waals surface area contributed by atoms with E-state index in [9.17, 15) is 10.1 Å². The monoisotopic (exact) mass is 508 g/mol. The van der Waals surface area contributed by atoms with E-state index in [-0.39, 0.29) is 11.6 Å². The van der Waals surface area contributed by atoms with Crippen LogP contribution in [0.5, 0.6) is 0 Å². The van der Waals surface area contributed by atoms with Crippen LogP contribution in [0.3, 0.4) is 0 Å². The van der Waals surface area contributed by atoms with Crippen molar-refractivity contribution >= 4 is 5.69 Å². The van der Waals surface area contributed by atoms with E-state index in [1.165, 1.54) is 23.3 Å². The first kappa shape index (κ1) is 25.0. The lowest BCUT2D eigenvalue weighted by molar-refractivity contribution is -0.384. The van der Waals surface area contributed by atoms with Gasteiger partial charge in [-0.25, -0.2) is 0 Å². The Hall–Kier alpha value is -4.70. The summed E-state index contributed by atoms with van der Waals surface area (Å²) < 4.78 is 1.97. The van der Waals surface area contributed by atoms with Gasteiger partial charge in [0.05, 0.1) is 24.6 Å². The van der Waals surface area contributed by atoms with Gasteiger partial charge in [0.15, 0.2) is 0 Å². The van der Waals surface area contributed by atoms with Crippen LogP contribution >= 0.6 is 0 Å². The van der Waals surface area contributed by atoms with Crippen LogP contribution in [-0.4, -0.2) is 46.3 Å². The third kappa shape index (κ3) is 6.34. The molecule has 0 amide bonds. The summed E-state index contributed by atoms with van der Waals surface area (Å²) in [7, 11) is 0. The number of hydrogen-bond donors (Lipinski definition) is 1. The SMILES string of the molecule is O=[N+]([O-])c1ccc(Cn2cnnc2CN(CCC(c2ccccc2)c2ccccc2)Cc2nnc[nH]2)cc1. The number of H-pyrrole nitrogens is 1. The van der Waals surface area contributed by atoms with Gasteiger partial charge in [0.1, 0.15) is 24.3 Å². The fourth-order valence-electron chi connectivity index (χ4n) is 4.60. The first-order chi connectivity index (χ1) is 18.7. The number of nitro groups is 1. The number of nitrogens with zero attached hydrogens (tertiary/aromatic N) is 7. The van der Waals surface area contributed by atoms with Crippen molar-refractivity contribution in [3.05, 3.63) is 136 Å². The molecule has 1 N–H and O–H groups in total. The van der Waals surface area contributed by atoms with Gasteiger partial charge < -0.3 is 9.55 Å². The van der Waals surface area contributed by atoms with E-state index in [1.54, 1.807) is 24.8 Å². The molecule has 10 nitrogen and oxygen atoms in total. The third-order valence-electron chi connectivity index (χ3n) is 6.54. The van der Waals surface area contributed by atoms with E-state index < -0.39 is 4.92 Å². The molecule has 0 fully saturated rings. The maximum atomic E-state index is 11.0. The van der Waals surface area contributed by atoms with Gasteiger partial charge >= 0.3 is 0 Å². The number of rotatable bonds is 12. The maximum absolute atomic E-state index is 11.0. The van der Waals surface area contributed by atoms with E-state index >= 15 is 0 Å². The number of non-ortho nitro benzene ring substituents is 1. The fraction of sp³-hybridized carbons (Fsp3) is 0.214. The lowest BCUT2D eigenvalue weighted by Crippen LogP contribution is -2.28. The average Bonchev–Trinajstić information content (AvgIpc) is 3.62. The molecule has 0 aliphatic carbocycles. The molecule has 3 aromatic carbocycles. The van der Waals surface area contributed by atoms with Gasteiger partial charge in [-0.2, -0.15) is 0 Å². The molecule has 0 bridgehead atoms. The number of benzene rings is 3. The normalized spacial score (nSPS) is 11.3. The minimum Gasteiger partial charge on any atom is -0.330 e. The zero-order valence-corrected chi connectivity index (χ0v) is 20.8. The molecule has 2 heterocycles. The Morgan fingerprint density at radius 2 is 1.55 bits per heavy atom. The fourth-order valence-corrected chi connectivity index (χ4v) is 4.60. The maximum Gasteiger partial charge on any atom is 0.269 e. The van der Waals surface area contributed by atoms with Crippen LogP contribution in [-0.2, 0) is 19.6 Å². The largest absolute Gasteiger partial charge is 0.330 e. The van der Waals surface area contributed by atoms with Gasteiger partial charge in [-0.1, -0.05) is 72.8 Å². The molecule has 2 aromatic heterocycles. The average molecular weight is 509 g/mol. The molecular weight excluding hydrogens is 480 g/mol. The molecule has 10 heteroatoms. The van der Waals surface area contributed by atoms with Crippen LogP contribution in [0.15, 0.2) is 97.6 Å². The molecule has 192 valence electrons. The van der Waals surface area contributed by atoms with Crippen molar-refractivity contribution < 1.29 is 4.92 Å². The highest BCUT2D eigenvalue weighted by Crippen LogP contribution is 2.28. The standard InChI is InChI=1S/C28H28N8O2/c37-36(38)25-13-11-22(12-14-25)17-35-21-31-33-28(35)19-34(18-27-29-20-30-32-27)16-15-26(23-7-3-1-4-8-23)24-9-5-2-6-10-24/h1-14,20-21,26H,15-19H2,(H,29,30,32). The summed E-state index contributed by atoms with van der Waals surface area (Å²) in [4.78, 5) is 16.0. The summed E-state index contributed by atoms with van der Waals surface area (Å²) >= 11 is 0. The quantitative estimate of drug-likeness (QED) is 0.194. The van der Waals surface area contributed by atoms with Crippen molar-refractivity contribution in [3.8, 4) is 0 Å². The molecule has 0 aliphatic heterocycles. The summed E-state index contributed by atoms with van der Waals surface area (Å²) in [6.07, 6.45) is 4.18. The highest BCUT2D eigenvalue weighted by molar-refractivity contribution is 5.33. The topological polar surface area (TPSA) is 119 Å². The summed E-state index contributed by atoms with van der Waals surface area (Å²) in [6.45, 7) is 2.46. The molecule has 0 unspecified atom stereocenters. The van der Waals surface area contributed by atoms with Crippen LogP contribution in [0.2, 0.25) is 0 Å².